The van der Waals surface area contributed by atoms with Crippen molar-refractivity contribution < 1.29 is 26.3 Å². The van der Waals surface area contributed by atoms with Gasteiger partial charge in [0.15, 0.2) is 5.75 Å². The number of benzene rings is 3. The van der Waals surface area contributed by atoms with Gasteiger partial charge in [-0.25, -0.2) is 13.1 Å². The molecule has 4 rings (SSSR count). The Morgan fingerprint density at radius 2 is 1.80 bits per heavy atom. The van der Waals surface area contributed by atoms with Crippen molar-refractivity contribution in [1.82, 2.24) is 4.72 Å². The first-order valence-corrected chi connectivity index (χ1v) is 12.8. The third-order valence-corrected chi connectivity index (χ3v) is 7.39. The number of rotatable bonds is 8. The summed E-state index contributed by atoms with van der Waals surface area (Å²) in [4.78, 5) is 0. The van der Waals surface area contributed by atoms with E-state index in [9.17, 15) is 21.6 Å². The number of nitrogens with two attached hydrogens (primary N) is 1. The Morgan fingerprint density at radius 1 is 1.06 bits per heavy atom. The lowest BCUT2D eigenvalue weighted by Crippen LogP contribution is -2.37. The van der Waals surface area contributed by atoms with Crippen LogP contribution in [0.4, 0.5) is 13.2 Å². The fourth-order valence-corrected chi connectivity index (χ4v) is 5.33. The minimum atomic E-state index is -4.76. The van der Waals surface area contributed by atoms with Crippen LogP contribution in [0.15, 0.2) is 54.6 Å². The summed E-state index contributed by atoms with van der Waals surface area (Å²) in [6.07, 6.45) is -2.77. The maximum atomic E-state index is 12.4. The summed E-state index contributed by atoms with van der Waals surface area (Å²) >= 11 is 0. The summed E-state index contributed by atoms with van der Waals surface area (Å²) < 4.78 is 68.7. The number of nitrogens with one attached hydrogen (secondary N) is 2. The average Bonchev–Trinajstić information content (AvgIpc) is 2.79. The van der Waals surface area contributed by atoms with Gasteiger partial charge in [-0.1, -0.05) is 30.3 Å². The molecule has 3 aromatic rings. The van der Waals surface area contributed by atoms with E-state index in [1.54, 1.807) is 6.07 Å². The minimum Gasteiger partial charge on any atom is -0.489 e. The van der Waals surface area contributed by atoms with E-state index in [4.69, 9.17) is 15.9 Å². The molecule has 1 atom stereocenters. The summed E-state index contributed by atoms with van der Waals surface area (Å²) in [6.45, 7) is 0.329. The lowest BCUT2D eigenvalue weighted by atomic mass is 9.84. The Balaban J connectivity index is 1.37. The molecule has 3 aromatic carbocycles. The van der Waals surface area contributed by atoms with Crippen molar-refractivity contribution in [3.05, 3.63) is 76.9 Å². The SMILES string of the molecule is N=C(N)c1ccc2cc(COc3ccc4c(c3)CC(CNS(=O)(=O)CC(F)(F)F)CC4)ccc2c1. The number of halogens is 3. The molecule has 4 N–H and O–H groups in total. The molecule has 6 nitrogen and oxygen atoms in total. The fraction of sp³-hybridized carbons (Fsp3) is 0.320. The molecule has 0 aliphatic heterocycles. The van der Waals surface area contributed by atoms with Crippen molar-refractivity contribution in [2.24, 2.45) is 11.7 Å². The predicted octanol–water partition coefficient (Wildman–Crippen LogP) is 4.29. The molecule has 0 heterocycles. The van der Waals surface area contributed by atoms with Gasteiger partial charge in [0.25, 0.3) is 0 Å². The van der Waals surface area contributed by atoms with E-state index in [0.717, 1.165) is 33.9 Å². The first-order valence-electron chi connectivity index (χ1n) is 11.1. The van der Waals surface area contributed by atoms with Crippen LogP contribution >= 0.6 is 0 Å². The zero-order chi connectivity index (χ0) is 25.2. The molecule has 0 saturated heterocycles. The Hall–Kier alpha value is -3.11. The number of amidine groups is 1. The molecule has 1 unspecified atom stereocenters. The van der Waals surface area contributed by atoms with Crippen LogP contribution in [0, 0.1) is 11.3 Å². The van der Waals surface area contributed by atoms with Crippen LogP contribution in [0.5, 0.6) is 5.75 Å². The minimum absolute atomic E-state index is 0.0210. The van der Waals surface area contributed by atoms with Crippen LogP contribution < -0.4 is 15.2 Å². The molecule has 0 saturated carbocycles. The van der Waals surface area contributed by atoms with E-state index in [1.165, 1.54) is 0 Å². The van der Waals surface area contributed by atoms with E-state index in [2.05, 4.69) is 4.72 Å². The number of aryl methyl sites for hydroxylation is 1. The molecule has 0 amide bonds. The van der Waals surface area contributed by atoms with Gasteiger partial charge >= 0.3 is 6.18 Å². The highest BCUT2D eigenvalue weighted by Gasteiger charge is 2.35. The van der Waals surface area contributed by atoms with Crippen molar-refractivity contribution in [2.75, 3.05) is 12.3 Å². The number of sulfonamides is 1. The summed E-state index contributed by atoms with van der Waals surface area (Å²) in [5.74, 6) is -1.25. The van der Waals surface area contributed by atoms with Gasteiger partial charge in [0.1, 0.15) is 18.2 Å². The van der Waals surface area contributed by atoms with Gasteiger partial charge in [-0.2, -0.15) is 13.2 Å². The highest BCUT2D eigenvalue weighted by Crippen LogP contribution is 2.29. The smallest absolute Gasteiger partial charge is 0.404 e. The molecule has 1 aliphatic rings. The number of fused-ring (bicyclic) bond motifs is 2. The maximum absolute atomic E-state index is 12.4. The monoisotopic (exact) mass is 505 g/mol. The molecule has 35 heavy (non-hydrogen) atoms. The third kappa shape index (κ3) is 6.73. The lowest BCUT2D eigenvalue weighted by molar-refractivity contribution is -0.106. The molecule has 0 aromatic heterocycles. The fourth-order valence-electron chi connectivity index (χ4n) is 4.30. The summed E-state index contributed by atoms with van der Waals surface area (Å²) in [7, 11) is -4.40. The molecule has 186 valence electrons. The molecular weight excluding hydrogens is 479 g/mol. The van der Waals surface area contributed by atoms with E-state index >= 15 is 0 Å². The van der Waals surface area contributed by atoms with Crippen molar-refractivity contribution in [3.63, 3.8) is 0 Å². The van der Waals surface area contributed by atoms with Crippen molar-refractivity contribution >= 4 is 26.6 Å². The topological polar surface area (TPSA) is 105 Å². The number of alkyl halides is 3. The largest absolute Gasteiger partial charge is 0.489 e. The zero-order valence-corrected chi connectivity index (χ0v) is 19.7. The molecule has 10 heteroatoms. The third-order valence-electron chi connectivity index (χ3n) is 6.08. The van der Waals surface area contributed by atoms with Crippen LogP contribution in [0.25, 0.3) is 10.8 Å². The van der Waals surface area contributed by atoms with Gasteiger partial charge in [-0.05, 0) is 76.9 Å². The predicted molar refractivity (Wildman–Crippen MR) is 129 cm³/mol. The summed E-state index contributed by atoms with van der Waals surface area (Å²) in [5.41, 5.74) is 9.35. The van der Waals surface area contributed by atoms with Crippen molar-refractivity contribution in [3.8, 4) is 5.75 Å². The standard InChI is InChI=1S/C25H26F3N3O3S/c26-25(27,28)15-35(32,33)31-13-16-1-3-18-7-8-23(12-22(18)9-16)34-14-17-2-4-20-11-21(24(29)30)6-5-19(20)10-17/h2,4-8,10-12,16,31H,1,3,9,13-15H2,(H3,29,30). The summed E-state index contributed by atoms with van der Waals surface area (Å²) in [5, 5.41) is 9.55. The van der Waals surface area contributed by atoms with Crippen LogP contribution in [-0.2, 0) is 29.5 Å². The highest BCUT2D eigenvalue weighted by molar-refractivity contribution is 7.89. The Morgan fingerprint density at radius 3 is 2.54 bits per heavy atom. The van der Waals surface area contributed by atoms with Gasteiger partial charge in [0, 0.05) is 12.1 Å². The van der Waals surface area contributed by atoms with E-state index < -0.39 is 22.0 Å². The Labute approximate surface area is 201 Å². The second-order valence-electron chi connectivity index (χ2n) is 8.86. The van der Waals surface area contributed by atoms with Gasteiger partial charge < -0.3 is 10.5 Å². The highest BCUT2D eigenvalue weighted by atomic mass is 32.2. The Bertz CT molecular complexity index is 1360. The number of nitrogen functional groups attached to an aromatic ring is 1. The molecule has 0 fully saturated rings. The van der Waals surface area contributed by atoms with Crippen LogP contribution in [0.1, 0.15) is 28.7 Å². The van der Waals surface area contributed by atoms with Gasteiger partial charge in [0.05, 0.1) is 0 Å². The van der Waals surface area contributed by atoms with Crippen LogP contribution in [-0.4, -0.2) is 32.7 Å². The first kappa shape index (κ1) is 25.0. The van der Waals surface area contributed by atoms with Gasteiger partial charge in [0.2, 0.25) is 10.0 Å². The first-order chi connectivity index (χ1) is 16.5. The molecule has 1 aliphatic carbocycles. The van der Waals surface area contributed by atoms with Crippen molar-refractivity contribution in [1.29, 1.82) is 5.41 Å². The zero-order valence-electron chi connectivity index (χ0n) is 18.9. The molecule has 0 radical (unpaired) electrons. The molecule has 0 bridgehead atoms. The van der Waals surface area contributed by atoms with E-state index in [0.29, 0.717) is 30.8 Å². The van der Waals surface area contributed by atoms with E-state index in [1.807, 2.05) is 48.5 Å². The van der Waals surface area contributed by atoms with E-state index in [-0.39, 0.29) is 18.3 Å². The summed E-state index contributed by atoms with van der Waals surface area (Å²) in [6, 6.07) is 17.3. The Kier molecular flexibility index (Phi) is 7.05. The number of hydrogen-bond donors (Lipinski definition) is 3. The van der Waals surface area contributed by atoms with Crippen LogP contribution in [0.3, 0.4) is 0 Å². The quantitative estimate of drug-likeness (QED) is 0.314. The number of hydrogen-bond acceptors (Lipinski definition) is 4. The second kappa shape index (κ2) is 9.87. The van der Waals surface area contributed by atoms with Gasteiger partial charge in [-0.3, -0.25) is 5.41 Å². The number of ether oxygens (including phenoxy) is 1. The molecule has 0 spiro atoms. The van der Waals surface area contributed by atoms with Crippen molar-refractivity contribution in [2.45, 2.75) is 32.0 Å². The van der Waals surface area contributed by atoms with Crippen LogP contribution in [0.2, 0.25) is 0 Å². The maximum Gasteiger partial charge on any atom is 0.404 e. The second-order valence-corrected chi connectivity index (χ2v) is 10.7. The normalized spacial score (nSPS) is 16.1. The average molecular weight is 506 g/mol. The van der Waals surface area contributed by atoms with Gasteiger partial charge in [-0.15, -0.1) is 0 Å². The lowest BCUT2D eigenvalue weighted by Gasteiger charge is -2.25. The molecular formula is C25H26F3N3O3S.